The molecule has 94 valence electrons. The van der Waals surface area contributed by atoms with Crippen LogP contribution in [0, 0.1) is 17.0 Å². The van der Waals surface area contributed by atoms with E-state index in [1.807, 2.05) is 0 Å². The Kier molecular flexibility index (Phi) is 4.03. The minimum Gasteiger partial charge on any atom is -0.393 e. The summed E-state index contributed by atoms with van der Waals surface area (Å²) < 4.78 is 0. The highest BCUT2D eigenvalue weighted by Gasteiger charge is 2.22. The fourth-order valence-corrected chi connectivity index (χ4v) is 1.39. The molecule has 0 saturated carbocycles. The lowest BCUT2D eigenvalue weighted by Crippen LogP contribution is -2.37. The molecule has 0 aromatic heterocycles. The fourth-order valence-electron chi connectivity index (χ4n) is 1.39. The topological polar surface area (TPSA) is 95.6 Å². The number of aliphatic hydroxyl groups is 2. The van der Waals surface area contributed by atoms with Gasteiger partial charge < -0.3 is 15.5 Å². The molecule has 1 aromatic carbocycles. The molecule has 6 nitrogen and oxygen atoms in total. The molecule has 17 heavy (non-hydrogen) atoms. The lowest BCUT2D eigenvalue weighted by molar-refractivity contribution is -0.384. The molecule has 0 spiro atoms. The zero-order valence-electron chi connectivity index (χ0n) is 9.80. The molecule has 3 N–H and O–H groups in total. The maximum absolute atomic E-state index is 10.9. The van der Waals surface area contributed by atoms with E-state index in [-0.39, 0.29) is 12.2 Å². The van der Waals surface area contributed by atoms with Crippen molar-refractivity contribution < 1.29 is 15.1 Å². The van der Waals surface area contributed by atoms with E-state index in [9.17, 15) is 15.2 Å². The molecule has 0 heterocycles. The number of nitro groups is 1. The Hall–Kier alpha value is -1.66. The quantitative estimate of drug-likeness (QED) is 0.528. The highest BCUT2D eigenvalue weighted by atomic mass is 16.6. The molecule has 0 saturated heterocycles. The first-order valence-corrected chi connectivity index (χ1v) is 5.18. The van der Waals surface area contributed by atoms with Crippen molar-refractivity contribution in [2.45, 2.75) is 19.4 Å². The number of hydrogen-bond donors (Lipinski definition) is 3. The first kappa shape index (κ1) is 13.4. The normalized spacial score (nSPS) is 14.1. The predicted octanol–water partition coefficient (Wildman–Crippen LogP) is 1.06. The number of nitro benzene ring substituents is 1. The van der Waals surface area contributed by atoms with Crippen LogP contribution in [0.1, 0.15) is 12.5 Å². The smallest absolute Gasteiger partial charge is 0.295 e. The van der Waals surface area contributed by atoms with Gasteiger partial charge in [0.1, 0.15) is 11.3 Å². The minimum absolute atomic E-state index is 0.0127. The van der Waals surface area contributed by atoms with Gasteiger partial charge in [-0.15, -0.1) is 0 Å². The standard InChI is InChI=1S/C11H16N2O4/c1-8-4-3-5-9(10(8)13(16)17)12-6-11(2,15)7-14/h3-5,12,14-15H,6-7H2,1-2H3. The zero-order valence-corrected chi connectivity index (χ0v) is 9.80. The van der Waals surface area contributed by atoms with Crippen molar-refractivity contribution in [3.8, 4) is 0 Å². The summed E-state index contributed by atoms with van der Waals surface area (Å²) in [5.74, 6) is 0. The van der Waals surface area contributed by atoms with Crippen molar-refractivity contribution in [2.24, 2.45) is 0 Å². The summed E-state index contributed by atoms with van der Waals surface area (Å²) in [6.45, 7) is 2.71. The van der Waals surface area contributed by atoms with Gasteiger partial charge in [-0.05, 0) is 19.9 Å². The molecule has 0 radical (unpaired) electrons. The van der Waals surface area contributed by atoms with Crippen LogP contribution in [0.3, 0.4) is 0 Å². The summed E-state index contributed by atoms with van der Waals surface area (Å²) >= 11 is 0. The molecule has 0 aliphatic carbocycles. The van der Waals surface area contributed by atoms with Crippen LogP contribution in [0.15, 0.2) is 18.2 Å². The number of nitrogens with one attached hydrogen (secondary N) is 1. The average molecular weight is 240 g/mol. The molecular formula is C11H16N2O4. The molecule has 0 fully saturated rings. The van der Waals surface area contributed by atoms with Gasteiger partial charge in [-0.1, -0.05) is 12.1 Å². The molecule has 0 bridgehead atoms. The Balaban J connectivity index is 2.92. The molecular weight excluding hydrogens is 224 g/mol. The van der Waals surface area contributed by atoms with Gasteiger partial charge in [0.2, 0.25) is 0 Å². The fraction of sp³-hybridized carbons (Fsp3) is 0.455. The monoisotopic (exact) mass is 240 g/mol. The molecule has 0 amide bonds. The van der Waals surface area contributed by atoms with E-state index < -0.39 is 17.1 Å². The summed E-state index contributed by atoms with van der Waals surface area (Å²) in [7, 11) is 0. The number of nitrogens with zero attached hydrogens (tertiary/aromatic N) is 1. The number of aryl methyl sites for hydroxylation is 1. The Morgan fingerprint density at radius 3 is 2.71 bits per heavy atom. The van der Waals surface area contributed by atoms with Crippen LogP contribution >= 0.6 is 0 Å². The lowest BCUT2D eigenvalue weighted by atomic mass is 10.1. The highest BCUT2D eigenvalue weighted by molar-refractivity contribution is 5.65. The van der Waals surface area contributed by atoms with Crippen LogP contribution in [0.5, 0.6) is 0 Å². The van der Waals surface area contributed by atoms with Crippen LogP contribution in [0.4, 0.5) is 11.4 Å². The summed E-state index contributed by atoms with van der Waals surface area (Å²) in [5, 5.41) is 32.1. The summed E-state index contributed by atoms with van der Waals surface area (Å²) in [5.41, 5.74) is -0.439. The molecule has 0 aliphatic rings. The van der Waals surface area contributed by atoms with Gasteiger partial charge in [0.15, 0.2) is 0 Å². The number of anilines is 1. The number of hydrogen-bond acceptors (Lipinski definition) is 5. The van der Waals surface area contributed by atoms with Crippen molar-refractivity contribution in [3.05, 3.63) is 33.9 Å². The molecule has 1 rings (SSSR count). The van der Waals surface area contributed by atoms with E-state index >= 15 is 0 Å². The second kappa shape index (κ2) is 5.11. The van der Waals surface area contributed by atoms with Gasteiger partial charge >= 0.3 is 0 Å². The van der Waals surface area contributed by atoms with Crippen LogP contribution in [0.25, 0.3) is 0 Å². The van der Waals surface area contributed by atoms with Gasteiger partial charge in [0.25, 0.3) is 5.69 Å². The second-order valence-electron chi connectivity index (χ2n) is 4.24. The zero-order chi connectivity index (χ0) is 13.1. The van der Waals surface area contributed by atoms with Gasteiger partial charge in [0.05, 0.1) is 11.5 Å². The van der Waals surface area contributed by atoms with Crippen molar-refractivity contribution in [3.63, 3.8) is 0 Å². The Bertz CT molecular complexity index is 418. The molecule has 0 aliphatic heterocycles. The van der Waals surface area contributed by atoms with Gasteiger partial charge in [0, 0.05) is 12.1 Å². The third-order valence-corrected chi connectivity index (χ3v) is 2.42. The van der Waals surface area contributed by atoms with E-state index in [1.165, 1.54) is 6.92 Å². The van der Waals surface area contributed by atoms with Crippen molar-refractivity contribution >= 4 is 11.4 Å². The Morgan fingerprint density at radius 2 is 2.18 bits per heavy atom. The third-order valence-electron chi connectivity index (χ3n) is 2.42. The van der Waals surface area contributed by atoms with E-state index in [0.29, 0.717) is 11.3 Å². The van der Waals surface area contributed by atoms with Gasteiger partial charge in [-0.3, -0.25) is 10.1 Å². The second-order valence-corrected chi connectivity index (χ2v) is 4.24. The van der Waals surface area contributed by atoms with Crippen LogP contribution in [-0.4, -0.2) is 33.9 Å². The third kappa shape index (κ3) is 3.40. The van der Waals surface area contributed by atoms with E-state index in [2.05, 4.69) is 5.32 Å². The van der Waals surface area contributed by atoms with Gasteiger partial charge in [-0.25, -0.2) is 0 Å². The van der Waals surface area contributed by atoms with Crippen molar-refractivity contribution in [1.29, 1.82) is 0 Å². The lowest BCUT2D eigenvalue weighted by Gasteiger charge is -2.21. The van der Waals surface area contributed by atoms with E-state index in [4.69, 9.17) is 5.11 Å². The van der Waals surface area contributed by atoms with Crippen LogP contribution in [0.2, 0.25) is 0 Å². The summed E-state index contributed by atoms with van der Waals surface area (Å²) in [6.07, 6.45) is 0. The number of aliphatic hydroxyl groups excluding tert-OH is 1. The first-order valence-electron chi connectivity index (χ1n) is 5.18. The van der Waals surface area contributed by atoms with E-state index in [1.54, 1.807) is 25.1 Å². The number of benzene rings is 1. The first-order chi connectivity index (χ1) is 7.87. The number of rotatable bonds is 5. The largest absolute Gasteiger partial charge is 0.393 e. The van der Waals surface area contributed by atoms with Crippen molar-refractivity contribution in [1.82, 2.24) is 0 Å². The van der Waals surface area contributed by atoms with Gasteiger partial charge in [-0.2, -0.15) is 0 Å². The Labute approximate surface area is 99.0 Å². The molecule has 1 atom stereocenters. The summed E-state index contributed by atoms with van der Waals surface area (Å²) in [4.78, 5) is 10.4. The SMILES string of the molecule is Cc1cccc(NCC(C)(O)CO)c1[N+](=O)[O-]. The molecule has 1 aromatic rings. The maximum atomic E-state index is 10.9. The Morgan fingerprint density at radius 1 is 1.53 bits per heavy atom. The maximum Gasteiger partial charge on any atom is 0.295 e. The van der Waals surface area contributed by atoms with Crippen LogP contribution < -0.4 is 5.32 Å². The highest BCUT2D eigenvalue weighted by Crippen LogP contribution is 2.28. The summed E-state index contributed by atoms with van der Waals surface area (Å²) in [6, 6.07) is 4.91. The molecule has 1 unspecified atom stereocenters. The minimum atomic E-state index is -1.31. The molecule has 6 heteroatoms. The van der Waals surface area contributed by atoms with Crippen molar-refractivity contribution in [2.75, 3.05) is 18.5 Å². The predicted molar refractivity (Wildman–Crippen MR) is 64.0 cm³/mol. The van der Waals surface area contributed by atoms with E-state index in [0.717, 1.165) is 0 Å². The van der Waals surface area contributed by atoms with Crippen LogP contribution in [-0.2, 0) is 0 Å². The average Bonchev–Trinajstić information content (AvgIpc) is 2.26. The number of para-hydroxylation sites is 1.